The number of unbranched alkanes of at least 4 members (excludes halogenated alkanes) is 3. The molecule has 1 heteroatoms. The van der Waals surface area contributed by atoms with Crippen molar-refractivity contribution in [1.82, 2.24) is 0 Å². The van der Waals surface area contributed by atoms with E-state index in [0.717, 1.165) is 6.42 Å². The van der Waals surface area contributed by atoms with Crippen LogP contribution >= 0.6 is 0 Å². The summed E-state index contributed by atoms with van der Waals surface area (Å²) < 4.78 is 0. The Morgan fingerprint density at radius 1 is 1.15 bits per heavy atom. The second-order valence-corrected chi connectivity index (χ2v) is 3.65. The molecule has 0 aromatic rings. The van der Waals surface area contributed by atoms with Crippen LogP contribution in [0.4, 0.5) is 0 Å². The first-order valence-corrected chi connectivity index (χ1v) is 5.58. The van der Waals surface area contributed by atoms with Crippen molar-refractivity contribution in [1.29, 1.82) is 0 Å². The monoisotopic (exact) mass is 184 g/mol. The van der Waals surface area contributed by atoms with Crippen LogP contribution in [0.15, 0.2) is 12.2 Å². The van der Waals surface area contributed by atoms with Gasteiger partial charge in [-0.2, -0.15) is 0 Å². The summed E-state index contributed by atoms with van der Waals surface area (Å²) in [5.41, 5.74) is 0. The van der Waals surface area contributed by atoms with Gasteiger partial charge in [0.05, 0.1) is 0 Å². The number of allylic oxidation sites excluding steroid dienone is 2. The van der Waals surface area contributed by atoms with Crippen molar-refractivity contribution in [3.63, 3.8) is 0 Å². The molecular weight excluding hydrogens is 160 g/mol. The Morgan fingerprint density at radius 3 is 2.46 bits per heavy atom. The van der Waals surface area contributed by atoms with Gasteiger partial charge in [0.1, 0.15) is 0 Å². The molecule has 0 heterocycles. The van der Waals surface area contributed by atoms with Gasteiger partial charge in [0.15, 0.2) is 0 Å². The van der Waals surface area contributed by atoms with E-state index < -0.39 is 0 Å². The van der Waals surface area contributed by atoms with Crippen LogP contribution in [0.3, 0.4) is 0 Å². The molecule has 0 bridgehead atoms. The molecule has 78 valence electrons. The van der Waals surface area contributed by atoms with Crippen LogP contribution in [0.5, 0.6) is 0 Å². The zero-order valence-electron chi connectivity index (χ0n) is 9.13. The van der Waals surface area contributed by atoms with Crippen LogP contribution in [0.1, 0.15) is 52.4 Å². The lowest BCUT2D eigenvalue weighted by Gasteiger charge is -2.10. The molecule has 0 rings (SSSR count). The summed E-state index contributed by atoms with van der Waals surface area (Å²) in [6.45, 7) is 4.61. The van der Waals surface area contributed by atoms with Crippen LogP contribution in [-0.2, 0) is 0 Å². The molecule has 0 aliphatic rings. The third-order valence-electron chi connectivity index (χ3n) is 2.39. The summed E-state index contributed by atoms with van der Waals surface area (Å²) in [5, 5.41) is 8.83. The molecule has 0 saturated heterocycles. The van der Waals surface area contributed by atoms with Crippen LogP contribution in [-0.4, -0.2) is 11.7 Å². The molecule has 0 aliphatic carbocycles. The molecule has 1 atom stereocenters. The van der Waals surface area contributed by atoms with E-state index in [0.29, 0.717) is 12.5 Å². The van der Waals surface area contributed by atoms with Crippen molar-refractivity contribution in [3.05, 3.63) is 12.2 Å². The fraction of sp³-hybridized carbons (Fsp3) is 0.833. The fourth-order valence-corrected chi connectivity index (χ4v) is 1.61. The Labute approximate surface area is 82.9 Å². The largest absolute Gasteiger partial charge is 0.396 e. The van der Waals surface area contributed by atoms with Crippen molar-refractivity contribution >= 4 is 0 Å². The highest BCUT2D eigenvalue weighted by molar-refractivity contribution is 4.85. The number of hydrogen-bond donors (Lipinski definition) is 1. The maximum absolute atomic E-state index is 8.83. The van der Waals surface area contributed by atoms with Gasteiger partial charge in [0.2, 0.25) is 0 Å². The molecular formula is C12H24O. The topological polar surface area (TPSA) is 20.2 Å². The number of aliphatic hydroxyl groups excluding tert-OH is 1. The highest BCUT2D eigenvalue weighted by atomic mass is 16.3. The quantitative estimate of drug-likeness (QED) is 0.452. The van der Waals surface area contributed by atoms with E-state index in [1.165, 1.54) is 32.1 Å². The van der Waals surface area contributed by atoms with Crippen molar-refractivity contribution in [2.75, 3.05) is 6.61 Å². The minimum atomic E-state index is 0.322. The van der Waals surface area contributed by atoms with Gasteiger partial charge >= 0.3 is 0 Å². The van der Waals surface area contributed by atoms with Gasteiger partial charge in [-0.25, -0.2) is 0 Å². The number of hydrogen-bond acceptors (Lipinski definition) is 1. The Hall–Kier alpha value is -0.300. The van der Waals surface area contributed by atoms with Gasteiger partial charge in [-0.15, -0.1) is 0 Å². The van der Waals surface area contributed by atoms with E-state index in [1.54, 1.807) is 0 Å². The summed E-state index contributed by atoms with van der Waals surface area (Å²) in [5.74, 6) is 0.604. The van der Waals surface area contributed by atoms with E-state index in [4.69, 9.17) is 5.11 Å². The molecule has 0 aromatic carbocycles. The average molecular weight is 184 g/mol. The van der Waals surface area contributed by atoms with E-state index in [2.05, 4.69) is 26.0 Å². The lowest BCUT2D eigenvalue weighted by molar-refractivity contribution is 0.265. The number of aliphatic hydroxyl groups is 1. The molecule has 0 unspecified atom stereocenters. The van der Waals surface area contributed by atoms with Crippen molar-refractivity contribution < 1.29 is 5.11 Å². The zero-order valence-corrected chi connectivity index (χ0v) is 9.13. The van der Waals surface area contributed by atoms with Crippen molar-refractivity contribution in [2.24, 2.45) is 5.92 Å². The predicted octanol–water partition coefficient (Wildman–Crippen LogP) is 3.53. The molecule has 0 amide bonds. The molecule has 0 spiro atoms. The summed E-state index contributed by atoms with van der Waals surface area (Å²) in [6, 6.07) is 0. The maximum atomic E-state index is 8.83. The molecule has 0 aromatic heterocycles. The third kappa shape index (κ3) is 8.04. The minimum absolute atomic E-state index is 0.322. The van der Waals surface area contributed by atoms with Crippen LogP contribution in [0.2, 0.25) is 0 Å². The Kier molecular flexibility index (Phi) is 9.56. The lowest BCUT2D eigenvalue weighted by Crippen LogP contribution is -1.99. The number of rotatable bonds is 8. The Morgan fingerprint density at radius 2 is 1.92 bits per heavy atom. The van der Waals surface area contributed by atoms with Gasteiger partial charge < -0.3 is 5.11 Å². The van der Waals surface area contributed by atoms with Crippen LogP contribution in [0.25, 0.3) is 0 Å². The van der Waals surface area contributed by atoms with Gasteiger partial charge in [-0.1, -0.05) is 44.8 Å². The molecule has 1 nitrogen and oxygen atoms in total. The second-order valence-electron chi connectivity index (χ2n) is 3.65. The normalized spacial score (nSPS) is 13.8. The third-order valence-corrected chi connectivity index (χ3v) is 2.39. The van der Waals surface area contributed by atoms with Gasteiger partial charge in [-0.3, -0.25) is 0 Å². The van der Waals surface area contributed by atoms with Crippen molar-refractivity contribution in [3.8, 4) is 0 Å². The summed E-state index contributed by atoms with van der Waals surface area (Å²) in [6.07, 6.45) is 11.8. The molecule has 13 heavy (non-hydrogen) atoms. The Balaban J connectivity index is 3.44. The van der Waals surface area contributed by atoms with Gasteiger partial charge in [-0.05, 0) is 25.7 Å². The minimum Gasteiger partial charge on any atom is -0.396 e. The Bertz CT molecular complexity index is 118. The van der Waals surface area contributed by atoms with Gasteiger partial charge in [0.25, 0.3) is 0 Å². The second kappa shape index (κ2) is 9.79. The molecule has 1 N–H and O–H groups in total. The van der Waals surface area contributed by atoms with Crippen LogP contribution in [0, 0.1) is 5.92 Å². The summed E-state index contributed by atoms with van der Waals surface area (Å²) in [4.78, 5) is 0. The first-order chi connectivity index (χ1) is 6.35. The van der Waals surface area contributed by atoms with Gasteiger partial charge in [0, 0.05) is 6.61 Å². The zero-order chi connectivity index (χ0) is 9.94. The molecule has 0 saturated carbocycles. The summed E-state index contributed by atoms with van der Waals surface area (Å²) >= 11 is 0. The SMILES string of the molecule is C/C=C/[C@H](CCO)CCCCCC. The van der Waals surface area contributed by atoms with Crippen LogP contribution < -0.4 is 0 Å². The highest BCUT2D eigenvalue weighted by Crippen LogP contribution is 2.15. The first kappa shape index (κ1) is 12.7. The average Bonchev–Trinajstić information content (AvgIpc) is 2.13. The van der Waals surface area contributed by atoms with E-state index >= 15 is 0 Å². The standard InChI is InChI=1S/C12H24O/c1-3-5-6-7-9-12(8-4-2)10-11-13/h4,8,12-13H,3,5-7,9-11H2,1-2H3/b8-4+/t12-/m0/s1. The summed E-state index contributed by atoms with van der Waals surface area (Å²) in [7, 11) is 0. The van der Waals surface area contributed by atoms with Crippen molar-refractivity contribution in [2.45, 2.75) is 52.4 Å². The molecule has 0 radical (unpaired) electrons. The van der Waals surface area contributed by atoms with E-state index in [9.17, 15) is 0 Å². The van der Waals surface area contributed by atoms with E-state index in [-0.39, 0.29) is 0 Å². The van der Waals surface area contributed by atoms with E-state index in [1.807, 2.05) is 0 Å². The first-order valence-electron chi connectivity index (χ1n) is 5.58. The highest BCUT2D eigenvalue weighted by Gasteiger charge is 2.02. The fourth-order valence-electron chi connectivity index (χ4n) is 1.61. The smallest absolute Gasteiger partial charge is 0.0436 e. The molecule has 0 aliphatic heterocycles. The predicted molar refractivity (Wildman–Crippen MR) is 58.8 cm³/mol. The molecule has 0 fully saturated rings. The maximum Gasteiger partial charge on any atom is 0.0436 e. The lowest BCUT2D eigenvalue weighted by atomic mass is 9.97.